The molecule has 0 aromatic rings. The van der Waals surface area contributed by atoms with E-state index in [0.29, 0.717) is 0 Å². The van der Waals surface area contributed by atoms with Gasteiger partial charge in [-0.15, -0.1) is 0 Å². The Bertz CT molecular complexity index is 94.1. The molecule has 0 unspecified atom stereocenters. The van der Waals surface area contributed by atoms with Crippen LogP contribution >= 0.6 is 11.8 Å². The summed E-state index contributed by atoms with van der Waals surface area (Å²) in [6.07, 6.45) is 0. The minimum Gasteiger partial charge on any atom is -0.259 e. The molecule has 2 heteroatoms. The maximum atomic E-state index is 5.45. The molecule has 0 amide bonds. The van der Waals surface area contributed by atoms with Gasteiger partial charge in [-0.25, -0.2) is 0 Å². The first-order valence-electron chi connectivity index (χ1n) is 1.87. The quantitative estimate of drug-likeness (QED) is 0.422. The summed E-state index contributed by atoms with van der Waals surface area (Å²) in [6, 6.07) is 0. The van der Waals surface area contributed by atoms with Gasteiger partial charge in [-0.2, -0.15) is 0 Å². The molecule has 0 atom stereocenters. The molecule has 0 spiro atoms. The van der Waals surface area contributed by atoms with Gasteiger partial charge in [-0.3, -0.25) is 4.42 Å². The van der Waals surface area contributed by atoms with Gasteiger partial charge in [-0.1, -0.05) is 0 Å². The molecule has 0 radical (unpaired) electrons. The van der Waals surface area contributed by atoms with Crippen molar-refractivity contribution in [2.24, 2.45) is 0 Å². The number of halogens is 1. The van der Waals surface area contributed by atoms with E-state index in [0.717, 1.165) is 0 Å². The Morgan fingerprint density at radius 1 is 1.33 bits per heavy atom. The van der Waals surface area contributed by atoms with E-state index in [2.05, 4.69) is 0 Å². The van der Waals surface area contributed by atoms with Crippen molar-refractivity contribution in [3.8, 4) is 0 Å². The van der Waals surface area contributed by atoms with E-state index in [1.807, 2.05) is 13.8 Å². The van der Waals surface area contributed by atoms with Gasteiger partial charge in [0.05, 0.1) is 11.4 Å². The van der Waals surface area contributed by atoms with Gasteiger partial charge in [0.1, 0.15) is 0 Å². The number of allylic oxidation sites excluding steroid dienone is 2. The van der Waals surface area contributed by atoms with Crippen LogP contribution in [-0.2, 0) is 0 Å². The standard InChI is InChI=1S/C4H6ClN/c1-3-4(2)6(3)5/h1-2H3. The number of rotatable bonds is 0. The fourth-order valence-corrected chi connectivity index (χ4v) is 0.534. The third-order valence-corrected chi connectivity index (χ3v) is 1.57. The Kier molecular flexibility index (Phi) is 0.606. The molecule has 0 aromatic heterocycles. The molecule has 0 aromatic carbocycles. The SMILES string of the molecule is CC1=C(C)N1Cl. The van der Waals surface area contributed by atoms with Crippen molar-refractivity contribution in [3.05, 3.63) is 11.4 Å². The fraction of sp³-hybridized carbons (Fsp3) is 0.500. The highest BCUT2D eigenvalue weighted by atomic mass is 35.5. The predicted molar refractivity (Wildman–Crippen MR) is 26.1 cm³/mol. The van der Waals surface area contributed by atoms with Crippen LogP contribution in [0.15, 0.2) is 11.4 Å². The summed E-state index contributed by atoms with van der Waals surface area (Å²) in [4.78, 5) is 0. The van der Waals surface area contributed by atoms with Crippen LogP contribution in [0.25, 0.3) is 0 Å². The summed E-state index contributed by atoms with van der Waals surface area (Å²) < 4.78 is 1.64. The minimum absolute atomic E-state index is 1.19. The number of nitrogens with zero attached hydrogens (tertiary/aromatic N) is 1. The average Bonchev–Trinajstić information content (AvgIpc) is 1.94. The maximum Gasteiger partial charge on any atom is 0.0526 e. The van der Waals surface area contributed by atoms with Crippen LogP contribution in [0.3, 0.4) is 0 Å². The van der Waals surface area contributed by atoms with Gasteiger partial charge in [0.25, 0.3) is 0 Å². The molecule has 0 aliphatic carbocycles. The molecule has 1 nitrogen and oxygen atoms in total. The number of hydrogen-bond donors (Lipinski definition) is 0. The van der Waals surface area contributed by atoms with Gasteiger partial charge in [0, 0.05) is 11.8 Å². The van der Waals surface area contributed by atoms with Crippen molar-refractivity contribution in [3.63, 3.8) is 0 Å². The minimum atomic E-state index is 1.19. The van der Waals surface area contributed by atoms with Crippen molar-refractivity contribution in [1.29, 1.82) is 0 Å². The van der Waals surface area contributed by atoms with Crippen LogP contribution in [0.5, 0.6) is 0 Å². The van der Waals surface area contributed by atoms with E-state index in [1.54, 1.807) is 4.42 Å². The van der Waals surface area contributed by atoms with Gasteiger partial charge < -0.3 is 0 Å². The second-order valence-electron chi connectivity index (χ2n) is 1.45. The van der Waals surface area contributed by atoms with E-state index in [1.165, 1.54) is 11.4 Å². The highest BCUT2D eigenvalue weighted by molar-refractivity contribution is 6.17. The van der Waals surface area contributed by atoms with Crippen molar-refractivity contribution in [2.45, 2.75) is 13.8 Å². The van der Waals surface area contributed by atoms with Crippen LogP contribution < -0.4 is 0 Å². The smallest absolute Gasteiger partial charge is 0.0526 e. The van der Waals surface area contributed by atoms with Gasteiger partial charge in [0.2, 0.25) is 0 Å². The lowest BCUT2D eigenvalue weighted by Gasteiger charge is -1.80. The zero-order valence-electron chi connectivity index (χ0n) is 3.83. The molecule has 0 saturated carbocycles. The predicted octanol–water partition coefficient (Wildman–Crippen LogP) is 1.71. The Hall–Kier alpha value is -0.170. The summed E-state index contributed by atoms with van der Waals surface area (Å²) in [6.45, 7) is 3.98. The molecule has 6 heavy (non-hydrogen) atoms. The van der Waals surface area contributed by atoms with E-state index in [9.17, 15) is 0 Å². The first-order valence-corrected chi connectivity index (χ1v) is 2.20. The van der Waals surface area contributed by atoms with Crippen LogP contribution in [0.4, 0.5) is 0 Å². The molecule has 1 aliphatic rings. The first kappa shape index (κ1) is 4.00. The van der Waals surface area contributed by atoms with E-state index in [4.69, 9.17) is 11.8 Å². The highest BCUT2D eigenvalue weighted by Gasteiger charge is 2.21. The zero-order valence-corrected chi connectivity index (χ0v) is 4.58. The van der Waals surface area contributed by atoms with Crippen molar-refractivity contribution in [2.75, 3.05) is 0 Å². The Labute approximate surface area is 42.3 Å². The normalized spacial score (nSPS) is 19.5. The van der Waals surface area contributed by atoms with Crippen molar-refractivity contribution in [1.82, 2.24) is 4.42 Å². The van der Waals surface area contributed by atoms with Crippen molar-refractivity contribution >= 4 is 11.8 Å². The molecule has 1 aliphatic heterocycles. The molecule has 1 rings (SSSR count). The Balaban J connectivity index is 2.54. The average molecular weight is 104 g/mol. The van der Waals surface area contributed by atoms with Crippen molar-refractivity contribution < 1.29 is 0 Å². The summed E-state index contributed by atoms with van der Waals surface area (Å²) in [5.74, 6) is 0. The summed E-state index contributed by atoms with van der Waals surface area (Å²) in [5, 5.41) is 0. The number of hydrogen-bond acceptors (Lipinski definition) is 1. The topological polar surface area (TPSA) is 3.01 Å². The summed E-state index contributed by atoms with van der Waals surface area (Å²) in [7, 11) is 0. The summed E-state index contributed by atoms with van der Waals surface area (Å²) in [5.41, 5.74) is 2.38. The lowest BCUT2D eigenvalue weighted by molar-refractivity contribution is 0.897. The molecule has 0 fully saturated rings. The van der Waals surface area contributed by atoms with Gasteiger partial charge in [0.15, 0.2) is 0 Å². The van der Waals surface area contributed by atoms with E-state index < -0.39 is 0 Å². The molecule has 34 valence electrons. The molecular formula is C4H6ClN. The molecule has 0 N–H and O–H groups in total. The molecule has 0 bridgehead atoms. The third-order valence-electron chi connectivity index (χ3n) is 1.06. The monoisotopic (exact) mass is 103 g/mol. The second-order valence-corrected chi connectivity index (χ2v) is 1.79. The largest absolute Gasteiger partial charge is 0.259 e. The van der Waals surface area contributed by atoms with E-state index >= 15 is 0 Å². The zero-order chi connectivity index (χ0) is 4.73. The van der Waals surface area contributed by atoms with Gasteiger partial charge >= 0.3 is 0 Å². The lowest BCUT2D eigenvalue weighted by atomic mass is 10.6. The van der Waals surface area contributed by atoms with Crippen LogP contribution in [0.2, 0.25) is 0 Å². The van der Waals surface area contributed by atoms with Gasteiger partial charge in [-0.05, 0) is 13.8 Å². The molecule has 0 saturated heterocycles. The Morgan fingerprint density at radius 3 is 1.50 bits per heavy atom. The van der Waals surface area contributed by atoms with Crippen LogP contribution in [0.1, 0.15) is 13.8 Å². The lowest BCUT2D eigenvalue weighted by Crippen LogP contribution is -1.71. The highest BCUT2D eigenvalue weighted by Crippen LogP contribution is 2.32. The third kappa shape index (κ3) is 0.317. The summed E-state index contributed by atoms with van der Waals surface area (Å²) >= 11 is 5.45. The second kappa shape index (κ2) is 0.909. The fourth-order valence-electron chi connectivity index (χ4n) is 0.327. The molecular weight excluding hydrogens is 97.5 g/mol. The Morgan fingerprint density at radius 2 is 1.50 bits per heavy atom. The molecule has 1 heterocycles. The first-order chi connectivity index (χ1) is 2.73. The maximum absolute atomic E-state index is 5.45. The van der Waals surface area contributed by atoms with Crippen LogP contribution in [-0.4, -0.2) is 4.42 Å². The van der Waals surface area contributed by atoms with E-state index in [-0.39, 0.29) is 0 Å². The van der Waals surface area contributed by atoms with Crippen LogP contribution in [0, 0.1) is 0 Å².